The Bertz CT molecular complexity index is 278. The van der Waals surface area contributed by atoms with Crippen molar-refractivity contribution in [2.24, 2.45) is 0 Å². The van der Waals surface area contributed by atoms with Gasteiger partial charge in [0.2, 0.25) is 0 Å². The third kappa shape index (κ3) is 1.22. The van der Waals surface area contributed by atoms with Gasteiger partial charge in [-0.2, -0.15) is 0 Å². The Morgan fingerprint density at radius 3 is 3.09 bits per heavy atom. The zero-order valence-electron chi connectivity index (χ0n) is 6.60. The lowest BCUT2D eigenvalue weighted by atomic mass is 10.0. The van der Waals surface area contributed by atoms with E-state index in [1.165, 1.54) is 17.3 Å². The average molecular weight is 211 g/mol. The minimum absolute atomic E-state index is 0.766. The van der Waals surface area contributed by atoms with E-state index >= 15 is 0 Å². The van der Waals surface area contributed by atoms with E-state index in [0.717, 1.165) is 5.92 Å². The molecule has 1 heteroatoms. The molecule has 0 bridgehead atoms. The highest BCUT2D eigenvalue weighted by Gasteiger charge is 2.17. The van der Waals surface area contributed by atoms with Gasteiger partial charge in [-0.1, -0.05) is 28.9 Å². The van der Waals surface area contributed by atoms with Crippen LogP contribution in [0.2, 0.25) is 0 Å². The van der Waals surface area contributed by atoms with Crippen LogP contribution in [-0.2, 0) is 6.42 Å². The number of hydrogen-bond acceptors (Lipinski definition) is 0. The third-order valence-electron chi connectivity index (χ3n) is 2.49. The summed E-state index contributed by atoms with van der Waals surface area (Å²) in [5, 5.41) is 0. The molecule has 0 amide bonds. The summed E-state index contributed by atoms with van der Waals surface area (Å²) >= 11 is 3.49. The molecule has 0 aromatic heterocycles. The van der Waals surface area contributed by atoms with Crippen molar-refractivity contribution in [1.82, 2.24) is 0 Å². The zero-order chi connectivity index (χ0) is 7.84. The fraction of sp³-hybridized carbons (Fsp3) is 0.400. The monoisotopic (exact) mass is 210 g/mol. The molecule has 0 aliphatic heterocycles. The Labute approximate surface area is 75.8 Å². The van der Waals surface area contributed by atoms with Crippen LogP contribution < -0.4 is 0 Å². The quantitative estimate of drug-likeness (QED) is 0.616. The second kappa shape index (κ2) is 2.63. The molecule has 1 aliphatic rings. The van der Waals surface area contributed by atoms with Crippen molar-refractivity contribution in [3.8, 4) is 0 Å². The Kier molecular flexibility index (Phi) is 1.76. The fourth-order valence-corrected chi connectivity index (χ4v) is 2.16. The molecule has 1 aliphatic carbocycles. The average Bonchev–Trinajstić information content (AvgIpc) is 2.33. The summed E-state index contributed by atoms with van der Waals surface area (Å²) < 4.78 is 1.21. The molecule has 0 nitrogen and oxygen atoms in total. The topological polar surface area (TPSA) is 0 Å². The molecule has 58 valence electrons. The molecule has 0 saturated carbocycles. The molecule has 0 unspecified atom stereocenters. The predicted octanol–water partition coefficient (Wildman–Crippen LogP) is 3.50. The minimum atomic E-state index is 0.766. The van der Waals surface area contributed by atoms with Gasteiger partial charge in [0, 0.05) is 4.47 Å². The Morgan fingerprint density at radius 1 is 1.45 bits per heavy atom. The van der Waals surface area contributed by atoms with Crippen LogP contribution in [0.4, 0.5) is 0 Å². The van der Waals surface area contributed by atoms with Crippen molar-refractivity contribution < 1.29 is 0 Å². The van der Waals surface area contributed by atoms with Crippen LogP contribution in [0.15, 0.2) is 22.7 Å². The number of fused-ring (bicyclic) bond motifs is 1. The first-order valence-corrected chi connectivity index (χ1v) is 4.85. The van der Waals surface area contributed by atoms with Crippen molar-refractivity contribution in [2.75, 3.05) is 0 Å². The Morgan fingerprint density at radius 2 is 2.27 bits per heavy atom. The van der Waals surface area contributed by atoms with Gasteiger partial charge in [0.25, 0.3) is 0 Å². The van der Waals surface area contributed by atoms with E-state index in [1.807, 2.05) is 0 Å². The zero-order valence-corrected chi connectivity index (χ0v) is 8.19. The van der Waals surface area contributed by atoms with Crippen LogP contribution in [-0.4, -0.2) is 0 Å². The van der Waals surface area contributed by atoms with Gasteiger partial charge in [0.05, 0.1) is 0 Å². The van der Waals surface area contributed by atoms with Crippen molar-refractivity contribution in [3.05, 3.63) is 33.8 Å². The first-order chi connectivity index (χ1) is 5.27. The van der Waals surface area contributed by atoms with Crippen LogP contribution >= 0.6 is 15.9 Å². The van der Waals surface area contributed by atoms with Gasteiger partial charge in [0.15, 0.2) is 0 Å². The maximum atomic E-state index is 3.49. The summed E-state index contributed by atoms with van der Waals surface area (Å²) in [4.78, 5) is 0. The first-order valence-electron chi connectivity index (χ1n) is 4.05. The SMILES string of the molecule is C[C@H]1CCc2ccc(Br)cc21. The molecule has 0 radical (unpaired) electrons. The molecule has 1 aromatic carbocycles. The van der Waals surface area contributed by atoms with Gasteiger partial charge in [-0.25, -0.2) is 0 Å². The van der Waals surface area contributed by atoms with E-state index in [0.29, 0.717) is 0 Å². The molecular formula is C10H11Br. The van der Waals surface area contributed by atoms with Gasteiger partial charge < -0.3 is 0 Å². The first kappa shape index (κ1) is 7.35. The highest BCUT2D eigenvalue weighted by atomic mass is 79.9. The maximum Gasteiger partial charge on any atom is 0.0178 e. The van der Waals surface area contributed by atoms with E-state index in [2.05, 4.69) is 41.1 Å². The molecule has 1 aromatic rings. The molecule has 1 atom stereocenters. The summed E-state index contributed by atoms with van der Waals surface area (Å²) in [6, 6.07) is 6.63. The number of rotatable bonds is 0. The predicted molar refractivity (Wildman–Crippen MR) is 50.9 cm³/mol. The summed E-state index contributed by atoms with van der Waals surface area (Å²) in [5.41, 5.74) is 3.08. The molecule has 2 rings (SSSR count). The number of halogens is 1. The van der Waals surface area contributed by atoms with E-state index in [-0.39, 0.29) is 0 Å². The Balaban J connectivity index is 2.52. The molecule has 0 N–H and O–H groups in total. The molecule has 0 saturated heterocycles. The van der Waals surface area contributed by atoms with Crippen LogP contribution in [0.5, 0.6) is 0 Å². The molecule has 0 spiro atoms. The Hall–Kier alpha value is -0.300. The lowest BCUT2D eigenvalue weighted by Gasteiger charge is -2.03. The highest BCUT2D eigenvalue weighted by Crippen LogP contribution is 2.33. The van der Waals surface area contributed by atoms with Crippen molar-refractivity contribution in [1.29, 1.82) is 0 Å². The van der Waals surface area contributed by atoms with E-state index in [9.17, 15) is 0 Å². The third-order valence-corrected chi connectivity index (χ3v) is 2.98. The second-order valence-corrected chi connectivity index (χ2v) is 4.20. The van der Waals surface area contributed by atoms with E-state index in [1.54, 1.807) is 11.1 Å². The number of aryl methyl sites for hydroxylation is 1. The van der Waals surface area contributed by atoms with Crippen LogP contribution in [0, 0.1) is 0 Å². The van der Waals surface area contributed by atoms with E-state index < -0.39 is 0 Å². The summed E-state index contributed by atoms with van der Waals surface area (Å²) in [5.74, 6) is 0.766. The number of benzene rings is 1. The smallest absolute Gasteiger partial charge is 0.0178 e. The molecular weight excluding hydrogens is 200 g/mol. The fourth-order valence-electron chi connectivity index (χ4n) is 1.78. The van der Waals surface area contributed by atoms with Crippen LogP contribution in [0.25, 0.3) is 0 Å². The number of hydrogen-bond donors (Lipinski definition) is 0. The van der Waals surface area contributed by atoms with Gasteiger partial charge >= 0.3 is 0 Å². The van der Waals surface area contributed by atoms with Gasteiger partial charge in [0.1, 0.15) is 0 Å². The summed E-state index contributed by atoms with van der Waals surface area (Å²) in [7, 11) is 0. The van der Waals surface area contributed by atoms with Crippen molar-refractivity contribution in [2.45, 2.75) is 25.7 Å². The minimum Gasteiger partial charge on any atom is -0.0584 e. The molecule has 0 heterocycles. The van der Waals surface area contributed by atoms with Crippen LogP contribution in [0.1, 0.15) is 30.4 Å². The van der Waals surface area contributed by atoms with Gasteiger partial charge in [-0.3, -0.25) is 0 Å². The van der Waals surface area contributed by atoms with E-state index in [4.69, 9.17) is 0 Å². The lowest BCUT2D eigenvalue weighted by molar-refractivity contribution is 0.747. The van der Waals surface area contributed by atoms with Crippen molar-refractivity contribution >= 4 is 15.9 Å². The highest BCUT2D eigenvalue weighted by molar-refractivity contribution is 9.10. The van der Waals surface area contributed by atoms with Gasteiger partial charge in [-0.15, -0.1) is 0 Å². The second-order valence-electron chi connectivity index (χ2n) is 3.28. The molecule has 0 fully saturated rings. The van der Waals surface area contributed by atoms with Crippen molar-refractivity contribution in [3.63, 3.8) is 0 Å². The largest absolute Gasteiger partial charge is 0.0584 e. The lowest BCUT2D eigenvalue weighted by Crippen LogP contribution is -1.85. The summed E-state index contributed by atoms with van der Waals surface area (Å²) in [6.07, 6.45) is 2.59. The normalized spacial score (nSPS) is 21.8. The van der Waals surface area contributed by atoms with Crippen LogP contribution in [0.3, 0.4) is 0 Å². The standard InChI is InChI=1S/C10H11Br/c1-7-2-3-8-4-5-9(11)6-10(7)8/h4-7H,2-3H2,1H3/t7-/m0/s1. The summed E-state index contributed by atoms with van der Waals surface area (Å²) in [6.45, 7) is 2.30. The van der Waals surface area contributed by atoms with Gasteiger partial charge in [-0.05, 0) is 42.0 Å². The molecule has 11 heavy (non-hydrogen) atoms. The maximum absolute atomic E-state index is 3.49.